The van der Waals surface area contributed by atoms with Crippen LogP contribution in [0.25, 0.3) is 11.1 Å². The number of aliphatic hydroxyl groups excluding tert-OH is 1. The molecule has 0 saturated carbocycles. The van der Waals surface area contributed by atoms with Crippen molar-refractivity contribution in [2.45, 2.75) is 42.4 Å². The standard InChI is InChI=1S/C15H18ClNO3S/c1-15(2,3)14-17-9-5-4-8(16)13(12(9)20-14)21-11-7-19-6-10(11)18/h4-5,10-11,18H,6-7H2,1-3H3. The molecule has 3 rings (SSSR count). The summed E-state index contributed by atoms with van der Waals surface area (Å²) in [5.74, 6) is 0.685. The van der Waals surface area contributed by atoms with Crippen LogP contribution in [0.3, 0.4) is 0 Å². The molecular formula is C15H18ClNO3S. The Bertz CT molecular complexity index is 665. The lowest BCUT2D eigenvalue weighted by molar-refractivity contribution is 0.127. The highest BCUT2D eigenvalue weighted by molar-refractivity contribution is 8.00. The molecule has 1 fully saturated rings. The maximum Gasteiger partial charge on any atom is 0.200 e. The normalized spacial score (nSPS) is 23.1. The van der Waals surface area contributed by atoms with Crippen molar-refractivity contribution in [3.63, 3.8) is 0 Å². The first-order valence-corrected chi connectivity index (χ1v) is 8.14. The van der Waals surface area contributed by atoms with Crippen LogP contribution in [-0.2, 0) is 10.2 Å². The fourth-order valence-electron chi connectivity index (χ4n) is 2.16. The molecule has 1 aromatic heterocycles. The van der Waals surface area contributed by atoms with E-state index in [4.69, 9.17) is 20.8 Å². The van der Waals surface area contributed by atoms with E-state index >= 15 is 0 Å². The summed E-state index contributed by atoms with van der Waals surface area (Å²) in [5.41, 5.74) is 1.32. The minimum Gasteiger partial charge on any atom is -0.439 e. The van der Waals surface area contributed by atoms with Crippen LogP contribution in [-0.4, -0.2) is 34.7 Å². The number of rotatable bonds is 2. The predicted molar refractivity (Wildman–Crippen MR) is 84.2 cm³/mol. The van der Waals surface area contributed by atoms with E-state index in [9.17, 15) is 5.11 Å². The fourth-order valence-corrected chi connectivity index (χ4v) is 3.58. The molecule has 2 heterocycles. The third-order valence-electron chi connectivity index (χ3n) is 3.37. The zero-order chi connectivity index (χ0) is 15.2. The molecule has 2 unspecified atom stereocenters. The van der Waals surface area contributed by atoms with Gasteiger partial charge in [0.25, 0.3) is 0 Å². The van der Waals surface area contributed by atoms with Crippen LogP contribution < -0.4 is 0 Å². The van der Waals surface area contributed by atoms with Gasteiger partial charge in [-0.2, -0.15) is 0 Å². The van der Waals surface area contributed by atoms with Gasteiger partial charge in [-0.3, -0.25) is 0 Å². The second kappa shape index (κ2) is 5.47. The number of ether oxygens (including phenoxy) is 1. The van der Waals surface area contributed by atoms with Gasteiger partial charge in [0.15, 0.2) is 5.58 Å². The van der Waals surface area contributed by atoms with Gasteiger partial charge in [-0.25, -0.2) is 4.98 Å². The van der Waals surface area contributed by atoms with Gasteiger partial charge in [0.2, 0.25) is 5.89 Å². The van der Waals surface area contributed by atoms with Crippen LogP contribution in [0.5, 0.6) is 0 Å². The summed E-state index contributed by atoms with van der Waals surface area (Å²) < 4.78 is 11.2. The Kier molecular flexibility index (Phi) is 3.94. The number of nitrogens with zero attached hydrogens (tertiary/aromatic N) is 1. The van der Waals surface area contributed by atoms with Gasteiger partial charge in [-0.05, 0) is 12.1 Å². The monoisotopic (exact) mass is 327 g/mol. The summed E-state index contributed by atoms with van der Waals surface area (Å²) >= 11 is 7.82. The molecule has 4 nitrogen and oxygen atoms in total. The molecule has 1 aromatic carbocycles. The molecule has 0 bridgehead atoms. The minimum atomic E-state index is -0.480. The van der Waals surface area contributed by atoms with Gasteiger partial charge < -0.3 is 14.3 Å². The fraction of sp³-hybridized carbons (Fsp3) is 0.533. The summed E-state index contributed by atoms with van der Waals surface area (Å²) in [7, 11) is 0. The number of thioether (sulfide) groups is 1. The van der Waals surface area contributed by atoms with Crippen molar-refractivity contribution in [2.24, 2.45) is 0 Å². The van der Waals surface area contributed by atoms with Crippen molar-refractivity contribution in [3.8, 4) is 0 Å². The van der Waals surface area contributed by atoms with Crippen molar-refractivity contribution in [1.82, 2.24) is 4.98 Å². The summed E-state index contributed by atoms with van der Waals surface area (Å²) in [4.78, 5) is 5.37. The number of halogens is 1. The molecule has 6 heteroatoms. The van der Waals surface area contributed by atoms with Crippen LogP contribution in [0, 0.1) is 0 Å². The lowest BCUT2D eigenvalue weighted by atomic mass is 9.97. The average molecular weight is 328 g/mol. The van der Waals surface area contributed by atoms with E-state index in [2.05, 4.69) is 25.8 Å². The topological polar surface area (TPSA) is 55.5 Å². The van der Waals surface area contributed by atoms with Crippen LogP contribution in [0.4, 0.5) is 0 Å². The third-order valence-corrected chi connectivity index (χ3v) is 5.20. The van der Waals surface area contributed by atoms with Crippen molar-refractivity contribution in [2.75, 3.05) is 13.2 Å². The number of benzene rings is 1. The summed E-state index contributed by atoms with van der Waals surface area (Å²) in [6.07, 6.45) is -0.480. The number of oxazole rings is 1. The van der Waals surface area contributed by atoms with Gasteiger partial charge >= 0.3 is 0 Å². The second-order valence-electron chi connectivity index (χ2n) is 6.25. The van der Waals surface area contributed by atoms with E-state index in [-0.39, 0.29) is 10.7 Å². The summed E-state index contributed by atoms with van der Waals surface area (Å²) in [5, 5.41) is 10.5. The lowest BCUT2D eigenvalue weighted by Gasteiger charge is -2.13. The molecule has 2 aromatic rings. The van der Waals surface area contributed by atoms with E-state index in [1.54, 1.807) is 0 Å². The molecule has 21 heavy (non-hydrogen) atoms. The van der Waals surface area contributed by atoms with Gasteiger partial charge in [0.1, 0.15) is 5.52 Å². The number of hydrogen-bond acceptors (Lipinski definition) is 5. The first-order valence-electron chi connectivity index (χ1n) is 6.88. The van der Waals surface area contributed by atoms with Gasteiger partial charge in [-0.15, -0.1) is 11.8 Å². The SMILES string of the molecule is CC(C)(C)c1nc2ccc(Cl)c(SC3COCC3O)c2o1. The quantitative estimate of drug-likeness (QED) is 0.912. The smallest absolute Gasteiger partial charge is 0.200 e. The predicted octanol–water partition coefficient (Wildman–Crippen LogP) is 3.63. The van der Waals surface area contributed by atoms with E-state index in [1.165, 1.54) is 11.8 Å². The summed E-state index contributed by atoms with van der Waals surface area (Å²) in [6, 6.07) is 3.69. The van der Waals surface area contributed by atoms with Crippen LogP contribution >= 0.6 is 23.4 Å². The van der Waals surface area contributed by atoms with Crippen LogP contribution in [0.1, 0.15) is 26.7 Å². The Morgan fingerprint density at radius 2 is 2.10 bits per heavy atom. The summed E-state index contributed by atoms with van der Waals surface area (Å²) in [6.45, 7) is 7.05. The van der Waals surface area contributed by atoms with Gasteiger partial charge in [0.05, 0.1) is 34.5 Å². The van der Waals surface area contributed by atoms with Gasteiger partial charge in [-0.1, -0.05) is 32.4 Å². The molecule has 0 radical (unpaired) electrons. The second-order valence-corrected chi connectivity index (χ2v) is 7.91. The largest absolute Gasteiger partial charge is 0.439 e. The molecule has 0 aliphatic carbocycles. The Labute approximate surface area is 132 Å². The van der Waals surface area contributed by atoms with E-state index in [0.29, 0.717) is 29.7 Å². The lowest BCUT2D eigenvalue weighted by Crippen LogP contribution is -2.19. The first-order chi connectivity index (χ1) is 9.86. The van der Waals surface area contributed by atoms with Crippen molar-refractivity contribution >= 4 is 34.5 Å². The highest BCUT2D eigenvalue weighted by atomic mass is 35.5. The molecule has 114 valence electrons. The van der Waals surface area contributed by atoms with E-state index < -0.39 is 6.10 Å². The zero-order valence-corrected chi connectivity index (χ0v) is 13.8. The molecule has 1 aliphatic heterocycles. The highest BCUT2D eigenvalue weighted by Crippen LogP contribution is 2.40. The van der Waals surface area contributed by atoms with E-state index in [1.807, 2.05) is 12.1 Å². The number of fused-ring (bicyclic) bond motifs is 1. The number of aromatic nitrogens is 1. The molecule has 0 amide bonds. The Hall–Kier alpha value is -0.750. The maximum atomic E-state index is 9.91. The van der Waals surface area contributed by atoms with Gasteiger partial charge in [0, 0.05) is 5.41 Å². The van der Waals surface area contributed by atoms with Crippen molar-refractivity contribution in [1.29, 1.82) is 0 Å². The van der Waals surface area contributed by atoms with Crippen molar-refractivity contribution < 1.29 is 14.3 Å². The Morgan fingerprint density at radius 3 is 2.71 bits per heavy atom. The Balaban J connectivity index is 2.03. The maximum absolute atomic E-state index is 9.91. The molecule has 2 atom stereocenters. The highest BCUT2D eigenvalue weighted by Gasteiger charge is 2.30. The molecule has 1 N–H and O–H groups in total. The van der Waals surface area contributed by atoms with E-state index in [0.717, 1.165) is 10.4 Å². The zero-order valence-electron chi connectivity index (χ0n) is 12.2. The average Bonchev–Trinajstić information content (AvgIpc) is 2.99. The molecule has 1 aliphatic rings. The minimum absolute atomic E-state index is 0.0312. The molecule has 0 spiro atoms. The van der Waals surface area contributed by atoms with Crippen molar-refractivity contribution in [3.05, 3.63) is 23.0 Å². The Morgan fingerprint density at radius 1 is 1.33 bits per heavy atom. The number of aliphatic hydroxyl groups is 1. The molecular weight excluding hydrogens is 310 g/mol. The third kappa shape index (κ3) is 2.93. The molecule has 1 saturated heterocycles. The van der Waals surface area contributed by atoms with Crippen LogP contribution in [0.2, 0.25) is 5.02 Å². The first kappa shape index (κ1) is 15.2. The number of hydrogen-bond donors (Lipinski definition) is 1. The van der Waals surface area contributed by atoms with Crippen LogP contribution in [0.15, 0.2) is 21.4 Å².